The highest BCUT2D eigenvalue weighted by Gasteiger charge is 2.19. The maximum atomic E-state index is 12.6. The topological polar surface area (TPSA) is 130 Å². The van der Waals surface area contributed by atoms with Gasteiger partial charge in [0.05, 0.1) is 11.3 Å². The molecule has 0 atom stereocenters. The van der Waals surface area contributed by atoms with Crippen molar-refractivity contribution in [2.75, 3.05) is 0 Å². The Morgan fingerprint density at radius 2 is 1.94 bits per heavy atom. The lowest BCUT2D eigenvalue weighted by Crippen LogP contribution is -2.31. The first kappa shape index (κ1) is 23.1. The first-order valence-electron chi connectivity index (χ1n) is 11.2. The van der Waals surface area contributed by atoms with Gasteiger partial charge in [0.25, 0.3) is 5.56 Å². The number of aryl methyl sites for hydroxylation is 4. The van der Waals surface area contributed by atoms with Gasteiger partial charge in [-0.15, -0.1) is 0 Å². The van der Waals surface area contributed by atoms with E-state index in [2.05, 4.69) is 20.1 Å². The lowest BCUT2D eigenvalue weighted by molar-refractivity contribution is 0.0458. The summed E-state index contributed by atoms with van der Waals surface area (Å²) in [6.45, 7) is 8.42. The molecule has 0 aliphatic carbocycles. The van der Waals surface area contributed by atoms with Gasteiger partial charge in [-0.2, -0.15) is 5.10 Å². The third-order valence-electron chi connectivity index (χ3n) is 5.56. The Morgan fingerprint density at radius 1 is 1.15 bits per heavy atom. The Balaban J connectivity index is 1.57. The van der Waals surface area contributed by atoms with E-state index in [1.54, 1.807) is 21.4 Å². The van der Waals surface area contributed by atoms with E-state index in [1.807, 2.05) is 33.8 Å². The molecule has 0 aromatic carbocycles. The van der Waals surface area contributed by atoms with Crippen LogP contribution in [0.1, 0.15) is 54.3 Å². The van der Waals surface area contributed by atoms with Crippen LogP contribution < -0.4 is 11.2 Å². The van der Waals surface area contributed by atoms with Crippen LogP contribution in [0.15, 0.2) is 34.0 Å². The first-order chi connectivity index (χ1) is 16.3. The summed E-state index contributed by atoms with van der Waals surface area (Å²) in [7, 11) is 0. The van der Waals surface area contributed by atoms with E-state index in [4.69, 9.17) is 4.74 Å². The molecule has 1 N–H and O–H groups in total. The zero-order chi connectivity index (χ0) is 24.4. The standard InChI is InChI=1S/C23H27N7O4/c1-5-7-10-29-20-19(21(31)26-23(29)33)28(6-2)18(25-20)13-34-22(32)16-8-9-17(24-12-16)30-15(4)11-14(3)27-30/h8-9,11-12H,5-7,10,13H2,1-4H3,(H,26,31,33). The molecule has 178 valence electrons. The van der Waals surface area contributed by atoms with Crippen LogP contribution in [0.5, 0.6) is 0 Å². The van der Waals surface area contributed by atoms with Gasteiger partial charge in [-0.3, -0.25) is 14.3 Å². The van der Waals surface area contributed by atoms with Crippen molar-refractivity contribution in [2.45, 2.75) is 60.2 Å². The van der Waals surface area contributed by atoms with Crippen LogP contribution in [-0.2, 0) is 24.4 Å². The number of unbranched alkanes of at least 4 members (excludes halogenated alkanes) is 1. The Morgan fingerprint density at radius 3 is 2.56 bits per heavy atom. The van der Waals surface area contributed by atoms with Crippen molar-refractivity contribution < 1.29 is 9.53 Å². The van der Waals surface area contributed by atoms with Crippen LogP contribution in [-0.4, -0.2) is 39.8 Å². The summed E-state index contributed by atoms with van der Waals surface area (Å²) >= 11 is 0. The number of pyridine rings is 1. The van der Waals surface area contributed by atoms with Crippen molar-refractivity contribution >= 4 is 17.1 Å². The summed E-state index contributed by atoms with van der Waals surface area (Å²) in [6.07, 6.45) is 3.09. The normalized spacial score (nSPS) is 11.3. The van der Waals surface area contributed by atoms with Crippen molar-refractivity contribution in [1.29, 1.82) is 0 Å². The number of aromatic amines is 1. The maximum absolute atomic E-state index is 12.6. The number of ether oxygens (including phenoxy) is 1. The predicted octanol–water partition coefficient (Wildman–Crippen LogP) is 2.26. The SMILES string of the molecule is CCCCn1c(=O)[nH]c(=O)c2c1nc(COC(=O)c1ccc(-n3nc(C)cc3C)nc1)n2CC. The van der Waals surface area contributed by atoms with Crippen LogP contribution in [0.3, 0.4) is 0 Å². The molecule has 0 amide bonds. The Hall–Kier alpha value is -4.02. The van der Waals surface area contributed by atoms with Gasteiger partial charge in [0, 0.05) is 25.0 Å². The highest BCUT2D eigenvalue weighted by atomic mass is 16.5. The zero-order valence-corrected chi connectivity index (χ0v) is 19.7. The number of nitrogens with one attached hydrogen (secondary N) is 1. The second-order valence-corrected chi connectivity index (χ2v) is 8.03. The number of imidazole rings is 1. The van der Waals surface area contributed by atoms with Crippen molar-refractivity contribution in [2.24, 2.45) is 0 Å². The molecule has 11 heteroatoms. The number of carbonyl (C=O) groups is 1. The molecule has 0 bridgehead atoms. The number of esters is 1. The highest BCUT2D eigenvalue weighted by Crippen LogP contribution is 2.15. The van der Waals surface area contributed by atoms with E-state index in [1.165, 1.54) is 10.8 Å². The van der Waals surface area contributed by atoms with Gasteiger partial charge in [-0.05, 0) is 45.4 Å². The second-order valence-electron chi connectivity index (χ2n) is 8.03. The molecule has 0 spiro atoms. The van der Waals surface area contributed by atoms with E-state index < -0.39 is 17.2 Å². The van der Waals surface area contributed by atoms with Gasteiger partial charge in [0.15, 0.2) is 17.0 Å². The van der Waals surface area contributed by atoms with Gasteiger partial charge in [0.1, 0.15) is 12.4 Å². The lowest BCUT2D eigenvalue weighted by atomic mass is 10.3. The molecular formula is C23H27N7O4. The second kappa shape index (κ2) is 9.46. The Kier molecular flexibility index (Phi) is 6.44. The van der Waals surface area contributed by atoms with Gasteiger partial charge < -0.3 is 9.30 Å². The van der Waals surface area contributed by atoms with Crippen molar-refractivity contribution in [3.05, 3.63) is 68.0 Å². The molecule has 0 saturated carbocycles. The van der Waals surface area contributed by atoms with E-state index in [0.29, 0.717) is 35.9 Å². The van der Waals surface area contributed by atoms with Crippen LogP contribution >= 0.6 is 0 Å². The smallest absolute Gasteiger partial charge is 0.340 e. The number of H-pyrrole nitrogens is 1. The minimum absolute atomic E-state index is 0.151. The molecule has 4 aromatic rings. The fourth-order valence-electron chi connectivity index (χ4n) is 3.90. The van der Waals surface area contributed by atoms with Gasteiger partial charge in [-0.1, -0.05) is 13.3 Å². The monoisotopic (exact) mass is 465 g/mol. The van der Waals surface area contributed by atoms with Crippen LogP contribution in [0.4, 0.5) is 0 Å². The summed E-state index contributed by atoms with van der Waals surface area (Å²) in [6, 6.07) is 5.26. The minimum atomic E-state index is -0.570. The number of hydrogen-bond acceptors (Lipinski definition) is 7. The van der Waals surface area contributed by atoms with Gasteiger partial charge in [0.2, 0.25) is 0 Å². The van der Waals surface area contributed by atoms with Gasteiger partial charge in [-0.25, -0.2) is 24.2 Å². The molecule has 0 radical (unpaired) electrons. The van der Waals surface area contributed by atoms with Gasteiger partial charge >= 0.3 is 11.7 Å². The average Bonchev–Trinajstić information content (AvgIpc) is 3.36. The molecule has 0 saturated heterocycles. The number of carbonyl (C=O) groups excluding carboxylic acids is 1. The summed E-state index contributed by atoms with van der Waals surface area (Å²) in [5.41, 5.74) is 1.67. The fourth-order valence-corrected chi connectivity index (χ4v) is 3.90. The quantitative estimate of drug-likeness (QED) is 0.395. The van der Waals surface area contributed by atoms with Crippen LogP contribution in [0.2, 0.25) is 0 Å². The largest absolute Gasteiger partial charge is 0.454 e. The third kappa shape index (κ3) is 4.28. The number of aromatic nitrogens is 7. The molecule has 0 fully saturated rings. The molecule has 4 rings (SSSR count). The lowest BCUT2D eigenvalue weighted by Gasteiger charge is -2.08. The summed E-state index contributed by atoms with van der Waals surface area (Å²) in [4.78, 5) is 48.6. The van der Waals surface area contributed by atoms with E-state index in [-0.39, 0.29) is 12.2 Å². The third-order valence-corrected chi connectivity index (χ3v) is 5.56. The van der Waals surface area contributed by atoms with E-state index >= 15 is 0 Å². The summed E-state index contributed by atoms with van der Waals surface area (Å²) < 4.78 is 10.3. The number of nitrogens with zero attached hydrogens (tertiary/aromatic N) is 6. The Labute approximate surface area is 195 Å². The molecule has 4 heterocycles. The summed E-state index contributed by atoms with van der Waals surface area (Å²) in [5.74, 6) is 0.415. The Bertz CT molecular complexity index is 1460. The molecule has 0 unspecified atom stereocenters. The minimum Gasteiger partial charge on any atom is -0.454 e. The highest BCUT2D eigenvalue weighted by molar-refractivity contribution is 5.89. The van der Waals surface area contributed by atoms with Crippen LogP contribution in [0.25, 0.3) is 17.0 Å². The molecular weight excluding hydrogens is 438 g/mol. The average molecular weight is 466 g/mol. The molecule has 0 aliphatic rings. The first-order valence-corrected chi connectivity index (χ1v) is 11.2. The van der Waals surface area contributed by atoms with Crippen molar-refractivity contribution in [3.63, 3.8) is 0 Å². The van der Waals surface area contributed by atoms with Crippen molar-refractivity contribution in [1.82, 2.24) is 33.9 Å². The molecule has 34 heavy (non-hydrogen) atoms. The van der Waals surface area contributed by atoms with Crippen LogP contribution in [0, 0.1) is 13.8 Å². The fraction of sp³-hybridized carbons (Fsp3) is 0.391. The summed E-state index contributed by atoms with van der Waals surface area (Å²) in [5, 5.41) is 4.38. The number of hydrogen-bond donors (Lipinski definition) is 1. The molecule has 4 aromatic heterocycles. The van der Waals surface area contributed by atoms with E-state index in [0.717, 1.165) is 24.2 Å². The molecule has 0 aliphatic heterocycles. The molecule has 11 nitrogen and oxygen atoms in total. The van der Waals surface area contributed by atoms with E-state index in [9.17, 15) is 14.4 Å². The van der Waals surface area contributed by atoms with Crippen molar-refractivity contribution in [3.8, 4) is 5.82 Å². The number of fused-ring (bicyclic) bond motifs is 1. The predicted molar refractivity (Wildman–Crippen MR) is 125 cm³/mol. The maximum Gasteiger partial charge on any atom is 0.340 e. The zero-order valence-electron chi connectivity index (χ0n) is 19.7. The number of rotatable bonds is 8.